The fourth-order valence-corrected chi connectivity index (χ4v) is 5.36. The molecule has 0 saturated carbocycles. The van der Waals surface area contributed by atoms with Crippen molar-refractivity contribution in [2.45, 2.75) is 37.8 Å². The number of amides is 2. The summed E-state index contributed by atoms with van der Waals surface area (Å²) in [5, 5.41) is 9.67. The van der Waals surface area contributed by atoms with E-state index in [4.69, 9.17) is 0 Å². The molecule has 2 aromatic rings. The molecule has 0 unspecified atom stereocenters. The number of benzene rings is 1. The number of halogens is 1. The zero-order valence-corrected chi connectivity index (χ0v) is 18.7. The molecule has 2 bridgehead atoms. The number of hydrogen-bond donors (Lipinski definition) is 3. The van der Waals surface area contributed by atoms with Crippen molar-refractivity contribution in [3.63, 3.8) is 0 Å². The second-order valence-electron chi connectivity index (χ2n) is 8.74. The Balaban J connectivity index is 0.00000245. The first-order valence-corrected chi connectivity index (χ1v) is 11.1. The third-order valence-electron chi connectivity index (χ3n) is 6.82. The standard InChI is InChI=1S/C23H28N6O2.ClH/c30-21-8-4-7-19-15-9-16(11-24-10-15)20(29(19)21)14-25-22(31)17-12-26-23(27-13-17)28-18-5-2-1-3-6-18;/h1-3,5-6,12-13,15-16,19-20,24H,4,7-11,14H2,(H,25,31)(H,26,27,28);1H/t15-,16+,19+,20+;/m1./s1. The molecule has 9 heteroatoms. The fourth-order valence-electron chi connectivity index (χ4n) is 5.36. The third-order valence-corrected chi connectivity index (χ3v) is 6.82. The van der Waals surface area contributed by atoms with E-state index in [1.54, 1.807) is 0 Å². The van der Waals surface area contributed by atoms with Gasteiger partial charge in [0.1, 0.15) is 0 Å². The van der Waals surface area contributed by atoms with Crippen LogP contribution in [0.3, 0.4) is 0 Å². The summed E-state index contributed by atoms with van der Waals surface area (Å²) in [5.41, 5.74) is 1.30. The highest BCUT2D eigenvalue weighted by Gasteiger charge is 2.47. The number of hydrogen-bond acceptors (Lipinski definition) is 6. The molecular weight excluding hydrogens is 428 g/mol. The van der Waals surface area contributed by atoms with Crippen molar-refractivity contribution in [1.29, 1.82) is 0 Å². The van der Waals surface area contributed by atoms with Crippen LogP contribution in [0.5, 0.6) is 0 Å². The minimum atomic E-state index is -0.210. The Labute approximate surface area is 194 Å². The number of nitrogens with zero attached hydrogens (tertiary/aromatic N) is 3. The first-order valence-electron chi connectivity index (χ1n) is 11.1. The Hall–Kier alpha value is -2.71. The number of nitrogens with one attached hydrogen (secondary N) is 3. The van der Waals surface area contributed by atoms with Gasteiger partial charge in [-0.3, -0.25) is 9.59 Å². The molecule has 5 rings (SSSR count). The number of rotatable bonds is 5. The maximum atomic E-state index is 12.7. The van der Waals surface area contributed by atoms with E-state index in [2.05, 4.69) is 30.8 Å². The Morgan fingerprint density at radius 2 is 1.88 bits per heavy atom. The largest absolute Gasteiger partial charge is 0.350 e. The van der Waals surface area contributed by atoms with E-state index in [1.807, 2.05) is 30.3 Å². The van der Waals surface area contributed by atoms with Crippen molar-refractivity contribution in [3.05, 3.63) is 48.3 Å². The van der Waals surface area contributed by atoms with E-state index in [1.165, 1.54) is 12.4 Å². The molecule has 0 spiro atoms. The molecule has 8 nitrogen and oxygen atoms in total. The van der Waals surface area contributed by atoms with Crippen LogP contribution in [0.2, 0.25) is 0 Å². The number of fused-ring (bicyclic) bond motifs is 4. The van der Waals surface area contributed by atoms with Crippen molar-refractivity contribution in [1.82, 2.24) is 25.5 Å². The summed E-state index contributed by atoms with van der Waals surface area (Å²) in [4.78, 5) is 36.1. The number of carbonyl (C=O) groups is 2. The summed E-state index contributed by atoms with van der Waals surface area (Å²) in [6.07, 6.45) is 6.85. The van der Waals surface area contributed by atoms with E-state index in [0.717, 1.165) is 38.0 Å². The van der Waals surface area contributed by atoms with Gasteiger partial charge in [0, 0.05) is 43.6 Å². The molecule has 4 atom stereocenters. The van der Waals surface area contributed by atoms with Crippen LogP contribution < -0.4 is 16.0 Å². The third kappa shape index (κ3) is 4.56. The van der Waals surface area contributed by atoms with E-state index < -0.39 is 0 Å². The molecule has 3 N–H and O–H groups in total. The zero-order chi connectivity index (χ0) is 21.2. The Morgan fingerprint density at radius 3 is 2.66 bits per heavy atom. The first-order chi connectivity index (χ1) is 15.2. The zero-order valence-electron chi connectivity index (χ0n) is 17.9. The van der Waals surface area contributed by atoms with Gasteiger partial charge in [0.25, 0.3) is 5.91 Å². The van der Waals surface area contributed by atoms with Gasteiger partial charge in [0.15, 0.2) is 0 Å². The summed E-state index contributed by atoms with van der Waals surface area (Å²) < 4.78 is 0. The van der Waals surface area contributed by atoms with Crippen molar-refractivity contribution < 1.29 is 9.59 Å². The molecule has 3 saturated heterocycles. The highest BCUT2D eigenvalue weighted by Crippen LogP contribution is 2.39. The Bertz CT molecular complexity index is 941. The molecule has 1 aromatic carbocycles. The second-order valence-corrected chi connectivity index (χ2v) is 8.74. The van der Waals surface area contributed by atoms with E-state index in [-0.39, 0.29) is 30.3 Å². The number of para-hydroxylation sites is 1. The molecular formula is C23H29ClN6O2. The van der Waals surface area contributed by atoms with Gasteiger partial charge in [-0.15, -0.1) is 12.4 Å². The second kappa shape index (κ2) is 9.83. The van der Waals surface area contributed by atoms with Gasteiger partial charge < -0.3 is 20.9 Å². The van der Waals surface area contributed by atoms with Crippen molar-refractivity contribution in [2.24, 2.45) is 11.8 Å². The van der Waals surface area contributed by atoms with Crippen LogP contribution in [0.25, 0.3) is 0 Å². The average Bonchev–Trinajstić information content (AvgIpc) is 2.81. The number of anilines is 2. The van der Waals surface area contributed by atoms with E-state index in [9.17, 15) is 9.59 Å². The smallest absolute Gasteiger partial charge is 0.254 e. The first kappa shape index (κ1) is 22.5. The highest BCUT2D eigenvalue weighted by atomic mass is 35.5. The predicted octanol–water partition coefficient (Wildman–Crippen LogP) is 2.36. The fraction of sp³-hybridized carbons (Fsp3) is 0.478. The maximum Gasteiger partial charge on any atom is 0.254 e. The maximum absolute atomic E-state index is 12.7. The lowest BCUT2D eigenvalue weighted by molar-refractivity contribution is -0.148. The number of carbonyl (C=O) groups excluding carboxylic acids is 2. The van der Waals surface area contributed by atoms with Gasteiger partial charge in [-0.25, -0.2) is 9.97 Å². The molecule has 0 aliphatic carbocycles. The Kier molecular flexibility index (Phi) is 6.91. The van der Waals surface area contributed by atoms with Crippen LogP contribution in [0.15, 0.2) is 42.7 Å². The lowest BCUT2D eigenvalue weighted by atomic mass is 9.72. The van der Waals surface area contributed by atoms with E-state index >= 15 is 0 Å². The van der Waals surface area contributed by atoms with E-state index in [0.29, 0.717) is 42.4 Å². The predicted molar refractivity (Wildman–Crippen MR) is 124 cm³/mol. The molecule has 0 radical (unpaired) electrons. The monoisotopic (exact) mass is 456 g/mol. The molecule has 1 aromatic heterocycles. The summed E-state index contributed by atoms with van der Waals surface area (Å²) in [6, 6.07) is 10.00. The highest BCUT2D eigenvalue weighted by molar-refractivity contribution is 5.93. The molecule has 2 amide bonds. The van der Waals surface area contributed by atoms with Gasteiger partial charge in [-0.05, 0) is 49.8 Å². The molecule has 170 valence electrons. The Morgan fingerprint density at radius 1 is 1.12 bits per heavy atom. The minimum absolute atomic E-state index is 0. The topological polar surface area (TPSA) is 99.3 Å². The van der Waals surface area contributed by atoms with Crippen LogP contribution in [0.1, 0.15) is 36.0 Å². The minimum Gasteiger partial charge on any atom is -0.350 e. The molecule has 32 heavy (non-hydrogen) atoms. The van der Waals surface area contributed by atoms with Crippen LogP contribution in [0, 0.1) is 11.8 Å². The van der Waals surface area contributed by atoms with Crippen molar-refractivity contribution in [3.8, 4) is 0 Å². The van der Waals surface area contributed by atoms with Crippen molar-refractivity contribution >= 4 is 35.9 Å². The summed E-state index contributed by atoms with van der Waals surface area (Å²) in [6.45, 7) is 2.35. The SMILES string of the molecule is Cl.O=C(NC[C@H]1[C@@H]2CNC[C@@H](C2)[C@@H]2CCCC(=O)N21)c1cnc(Nc2ccccc2)nc1. The van der Waals surface area contributed by atoms with Gasteiger partial charge in [0.05, 0.1) is 11.6 Å². The lowest BCUT2D eigenvalue weighted by Gasteiger charge is -2.54. The number of aromatic nitrogens is 2. The summed E-state index contributed by atoms with van der Waals surface area (Å²) in [5.74, 6) is 1.39. The van der Waals surface area contributed by atoms with Gasteiger partial charge in [-0.2, -0.15) is 0 Å². The number of piperidine rings is 3. The van der Waals surface area contributed by atoms with Crippen LogP contribution in [0.4, 0.5) is 11.6 Å². The van der Waals surface area contributed by atoms with Crippen LogP contribution in [-0.2, 0) is 4.79 Å². The van der Waals surface area contributed by atoms with Gasteiger partial charge in [0.2, 0.25) is 11.9 Å². The summed E-state index contributed by atoms with van der Waals surface area (Å²) in [7, 11) is 0. The normalized spacial score (nSPS) is 26.5. The van der Waals surface area contributed by atoms with Crippen LogP contribution in [-0.4, -0.2) is 58.4 Å². The van der Waals surface area contributed by atoms with Gasteiger partial charge in [-0.1, -0.05) is 18.2 Å². The molecule has 4 heterocycles. The quantitative estimate of drug-likeness (QED) is 0.638. The average molecular weight is 457 g/mol. The van der Waals surface area contributed by atoms with Gasteiger partial charge >= 0.3 is 0 Å². The molecule has 3 aliphatic rings. The summed E-state index contributed by atoms with van der Waals surface area (Å²) >= 11 is 0. The molecule has 3 aliphatic heterocycles. The van der Waals surface area contributed by atoms with Crippen LogP contribution >= 0.6 is 12.4 Å². The lowest BCUT2D eigenvalue weighted by Crippen LogP contribution is -2.66. The van der Waals surface area contributed by atoms with Crippen molar-refractivity contribution in [2.75, 3.05) is 25.0 Å². The molecule has 3 fully saturated rings.